The number of anilines is 3. The average Bonchev–Trinajstić information content (AvgIpc) is 2.59. The van der Waals surface area contributed by atoms with E-state index in [-0.39, 0.29) is 35.7 Å². The van der Waals surface area contributed by atoms with Crippen LogP contribution in [0, 0.1) is 13.8 Å². The van der Waals surface area contributed by atoms with Crippen LogP contribution in [-0.2, 0) is 11.3 Å². The Morgan fingerprint density at radius 3 is 2.63 bits per heavy atom. The van der Waals surface area contributed by atoms with Gasteiger partial charge in [0.05, 0.1) is 0 Å². The second-order valence-corrected chi connectivity index (χ2v) is 5.68. The highest BCUT2D eigenvalue weighted by Crippen LogP contribution is 2.15. The largest absolute Gasteiger partial charge is 0.454 e. The Hall–Kier alpha value is -3.75. The zero-order valence-electron chi connectivity index (χ0n) is 14.7. The summed E-state index contributed by atoms with van der Waals surface area (Å²) in [5.74, 6) is -0.0516. The molecule has 3 aromatic rings. The number of ether oxygens (including phenoxy) is 1. The summed E-state index contributed by atoms with van der Waals surface area (Å²) in [4.78, 5) is 35.8. The molecule has 3 N–H and O–H groups in total. The van der Waals surface area contributed by atoms with Gasteiger partial charge in [0, 0.05) is 11.8 Å². The molecule has 0 saturated carbocycles. The number of carbonyl (C=O) groups is 1. The molecule has 2 aromatic heterocycles. The van der Waals surface area contributed by atoms with E-state index >= 15 is 0 Å². The van der Waals surface area contributed by atoms with Gasteiger partial charge >= 0.3 is 11.6 Å². The number of para-hydroxylation sites is 1. The van der Waals surface area contributed by atoms with Gasteiger partial charge in [-0.15, -0.1) is 0 Å². The number of benzene rings is 1. The normalized spacial score (nSPS) is 10.4. The molecular weight excluding hydrogens is 350 g/mol. The van der Waals surface area contributed by atoms with Crippen molar-refractivity contribution in [2.45, 2.75) is 20.5 Å². The Kier molecular flexibility index (Phi) is 5.11. The van der Waals surface area contributed by atoms with Crippen LogP contribution >= 0.6 is 0 Å². The molecule has 0 amide bonds. The first-order valence-corrected chi connectivity index (χ1v) is 8.03. The van der Waals surface area contributed by atoms with E-state index in [0.29, 0.717) is 5.56 Å². The van der Waals surface area contributed by atoms with Crippen molar-refractivity contribution in [3.8, 4) is 0 Å². The minimum atomic E-state index is -0.648. The van der Waals surface area contributed by atoms with Crippen molar-refractivity contribution >= 4 is 23.6 Å². The molecule has 0 aliphatic rings. The van der Waals surface area contributed by atoms with Crippen LogP contribution in [0.25, 0.3) is 0 Å². The molecule has 138 valence electrons. The molecule has 0 bridgehead atoms. The Labute approximate surface area is 154 Å². The van der Waals surface area contributed by atoms with Crippen LogP contribution in [0.3, 0.4) is 0 Å². The second-order valence-electron chi connectivity index (χ2n) is 5.68. The molecule has 9 nitrogen and oxygen atoms in total. The highest BCUT2D eigenvalue weighted by Gasteiger charge is 2.17. The van der Waals surface area contributed by atoms with E-state index in [2.05, 4.69) is 20.3 Å². The van der Waals surface area contributed by atoms with E-state index in [1.54, 1.807) is 6.92 Å². The summed E-state index contributed by atoms with van der Waals surface area (Å²) in [6.07, 6.45) is 0. The van der Waals surface area contributed by atoms with Crippen molar-refractivity contribution in [2.24, 2.45) is 0 Å². The third-order valence-corrected chi connectivity index (χ3v) is 3.60. The quantitative estimate of drug-likeness (QED) is 0.650. The summed E-state index contributed by atoms with van der Waals surface area (Å²) in [7, 11) is 0. The minimum Gasteiger partial charge on any atom is -0.454 e. The van der Waals surface area contributed by atoms with Gasteiger partial charge in [-0.1, -0.05) is 18.2 Å². The molecule has 0 atom stereocenters. The predicted molar refractivity (Wildman–Crippen MR) is 97.5 cm³/mol. The Balaban J connectivity index is 1.74. The van der Waals surface area contributed by atoms with E-state index in [9.17, 15) is 9.59 Å². The summed E-state index contributed by atoms with van der Waals surface area (Å²) in [5, 5.41) is 3.00. The van der Waals surface area contributed by atoms with Gasteiger partial charge < -0.3 is 20.2 Å². The maximum Gasteiger partial charge on any atom is 0.342 e. The number of esters is 1. The van der Waals surface area contributed by atoms with Gasteiger partial charge in [-0.25, -0.2) is 9.59 Å². The lowest BCUT2D eigenvalue weighted by molar-refractivity contribution is 0.0456. The summed E-state index contributed by atoms with van der Waals surface area (Å²) < 4.78 is 10.2. The van der Waals surface area contributed by atoms with Crippen LogP contribution in [0.15, 0.2) is 45.6 Å². The summed E-state index contributed by atoms with van der Waals surface area (Å²) in [6.45, 7) is 2.93. The maximum absolute atomic E-state index is 12.3. The molecule has 0 unspecified atom stereocenters. The summed E-state index contributed by atoms with van der Waals surface area (Å²) >= 11 is 0. The molecule has 0 spiro atoms. The molecule has 0 radical (unpaired) electrons. The van der Waals surface area contributed by atoms with Crippen LogP contribution in [-0.4, -0.2) is 20.9 Å². The number of nitrogens with one attached hydrogen (secondary N) is 1. The number of nitrogens with two attached hydrogens (primary N) is 1. The molecule has 0 aliphatic heterocycles. The van der Waals surface area contributed by atoms with Crippen molar-refractivity contribution in [2.75, 3.05) is 11.1 Å². The molecule has 0 saturated heterocycles. The van der Waals surface area contributed by atoms with E-state index in [0.717, 1.165) is 5.69 Å². The topological polar surface area (TPSA) is 133 Å². The first-order valence-electron chi connectivity index (χ1n) is 8.03. The molecule has 0 fully saturated rings. The van der Waals surface area contributed by atoms with Crippen LogP contribution in [0.4, 0.5) is 17.6 Å². The van der Waals surface area contributed by atoms with E-state index in [4.69, 9.17) is 14.9 Å². The van der Waals surface area contributed by atoms with Crippen molar-refractivity contribution < 1.29 is 13.9 Å². The second kappa shape index (κ2) is 7.65. The minimum absolute atomic E-state index is 0.00690. The Morgan fingerprint density at radius 1 is 1.19 bits per heavy atom. The first-order chi connectivity index (χ1) is 12.9. The Morgan fingerprint density at radius 2 is 1.93 bits per heavy atom. The summed E-state index contributed by atoms with van der Waals surface area (Å²) in [5.41, 5.74) is 6.61. The molecule has 2 heterocycles. The van der Waals surface area contributed by atoms with E-state index < -0.39 is 11.6 Å². The third-order valence-electron chi connectivity index (χ3n) is 3.60. The number of hydrogen-bond donors (Lipinski definition) is 2. The number of carbonyl (C=O) groups excluding carboxylic acids is 1. The highest BCUT2D eigenvalue weighted by atomic mass is 16.5. The molecule has 1 aromatic carbocycles. The molecule has 9 heteroatoms. The van der Waals surface area contributed by atoms with Crippen LogP contribution in [0.2, 0.25) is 0 Å². The SMILES string of the molecule is Cc1cc(=O)oc(C)c1C(=O)OCc1nc(N)nc(Nc2ccccc2)n1. The average molecular weight is 367 g/mol. The van der Waals surface area contributed by atoms with Gasteiger partial charge in [0.1, 0.15) is 11.3 Å². The van der Waals surface area contributed by atoms with Crippen molar-refractivity contribution in [3.05, 3.63) is 69.5 Å². The fourth-order valence-corrected chi connectivity index (χ4v) is 2.47. The van der Waals surface area contributed by atoms with Gasteiger partial charge in [0.15, 0.2) is 12.4 Å². The molecule has 27 heavy (non-hydrogen) atoms. The van der Waals surface area contributed by atoms with Gasteiger partial charge in [-0.3, -0.25) is 0 Å². The zero-order chi connectivity index (χ0) is 19.4. The van der Waals surface area contributed by atoms with Gasteiger partial charge in [-0.05, 0) is 31.5 Å². The number of hydrogen-bond acceptors (Lipinski definition) is 9. The monoisotopic (exact) mass is 367 g/mol. The van der Waals surface area contributed by atoms with Crippen LogP contribution in [0.1, 0.15) is 27.5 Å². The van der Waals surface area contributed by atoms with Crippen LogP contribution in [0.5, 0.6) is 0 Å². The van der Waals surface area contributed by atoms with Crippen molar-refractivity contribution in [1.29, 1.82) is 0 Å². The Bertz CT molecular complexity index is 1010. The van der Waals surface area contributed by atoms with Gasteiger partial charge in [0.25, 0.3) is 0 Å². The number of aromatic nitrogens is 3. The zero-order valence-corrected chi connectivity index (χ0v) is 14.7. The lowest BCUT2D eigenvalue weighted by Crippen LogP contribution is -2.14. The third kappa shape index (κ3) is 4.46. The fraction of sp³-hybridized carbons (Fsp3) is 0.167. The lowest BCUT2D eigenvalue weighted by Gasteiger charge is -2.09. The van der Waals surface area contributed by atoms with Gasteiger partial charge in [0.2, 0.25) is 11.9 Å². The van der Waals surface area contributed by atoms with Gasteiger partial charge in [-0.2, -0.15) is 15.0 Å². The standard InChI is InChI=1S/C18H17N5O4/c1-10-8-14(24)27-11(2)15(10)16(25)26-9-13-21-17(19)23-18(22-13)20-12-6-4-3-5-7-12/h3-8H,9H2,1-2H3,(H3,19,20,21,22,23). The maximum atomic E-state index is 12.3. The number of nitrogen functional groups attached to an aromatic ring is 1. The van der Waals surface area contributed by atoms with E-state index in [1.807, 2.05) is 30.3 Å². The summed E-state index contributed by atoms with van der Waals surface area (Å²) in [6, 6.07) is 10.5. The number of rotatable bonds is 5. The first kappa shape index (κ1) is 18.1. The highest BCUT2D eigenvalue weighted by molar-refractivity contribution is 5.91. The fourth-order valence-electron chi connectivity index (χ4n) is 2.47. The molecule has 0 aliphatic carbocycles. The molecule has 3 rings (SSSR count). The van der Waals surface area contributed by atoms with E-state index in [1.165, 1.54) is 13.0 Å². The smallest absolute Gasteiger partial charge is 0.342 e. The number of nitrogens with zero attached hydrogens (tertiary/aromatic N) is 3. The molecular formula is C18H17N5O4. The predicted octanol–water partition coefficient (Wildman–Crippen LogP) is 2.12. The number of aryl methyl sites for hydroxylation is 2. The van der Waals surface area contributed by atoms with Crippen molar-refractivity contribution in [1.82, 2.24) is 15.0 Å². The van der Waals surface area contributed by atoms with Crippen LogP contribution < -0.4 is 16.7 Å². The van der Waals surface area contributed by atoms with Crippen molar-refractivity contribution in [3.63, 3.8) is 0 Å². The lowest BCUT2D eigenvalue weighted by atomic mass is 10.1.